The van der Waals surface area contributed by atoms with E-state index in [1.54, 1.807) is 0 Å². The lowest BCUT2D eigenvalue weighted by Gasteiger charge is -2.27. The molecular weight excluding hydrogens is 286 g/mol. The zero-order chi connectivity index (χ0) is 17.3. The molecule has 140 valence electrons. The summed E-state index contributed by atoms with van der Waals surface area (Å²) in [5.74, 6) is 0.547. The van der Waals surface area contributed by atoms with Gasteiger partial charge >= 0.3 is 0 Å². The molecule has 23 heavy (non-hydrogen) atoms. The molecule has 3 nitrogen and oxygen atoms in total. The van der Waals surface area contributed by atoms with Crippen LogP contribution in [0, 0.1) is 5.92 Å². The van der Waals surface area contributed by atoms with Crippen LogP contribution in [0.1, 0.15) is 85.0 Å². The molecule has 0 aliphatic carbocycles. The molecule has 0 aromatic rings. The second-order valence-corrected chi connectivity index (χ2v) is 6.89. The second-order valence-electron chi connectivity index (χ2n) is 6.89. The molecular formula is C20H43NO2. The van der Waals surface area contributed by atoms with Crippen molar-refractivity contribution < 1.29 is 9.47 Å². The molecule has 0 radical (unpaired) electrons. The zero-order valence-electron chi connectivity index (χ0n) is 16.6. The van der Waals surface area contributed by atoms with E-state index in [9.17, 15) is 0 Å². The number of hydrogen-bond donors (Lipinski definition) is 0. The molecule has 0 N–H and O–H groups in total. The average Bonchev–Trinajstić information content (AvgIpc) is 2.52. The lowest BCUT2D eigenvalue weighted by molar-refractivity contribution is -0.170. The highest BCUT2D eigenvalue weighted by Crippen LogP contribution is 2.23. The summed E-state index contributed by atoms with van der Waals surface area (Å²) in [6, 6.07) is 0. The molecule has 3 heteroatoms. The minimum atomic E-state index is -0.00717. The van der Waals surface area contributed by atoms with E-state index in [2.05, 4.69) is 39.8 Å². The summed E-state index contributed by atoms with van der Waals surface area (Å²) >= 11 is 0. The normalized spacial score (nSPS) is 13.2. The maximum atomic E-state index is 5.88. The van der Waals surface area contributed by atoms with Gasteiger partial charge in [-0.05, 0) is 53.8 Å². The van der Waals surface area contributed by atoms with Crippen molar-refractivity contribution in [2.75, 3.05) is 33.9 Å². The van der Waals surface area contributed by atoms with Crippen LogP contribution in [0.15, 0.2) is 0 Å². The molecule has 0 amide bonds. The van der Waals surface area contributed by atoms with Crippen molar-refractivity contribution in [3.05, 3.63) is 0 Å². The van der Waals surface area contributed by atoms with Crippen LogP contribution < -0.4 is 0 Å². The van der Waals surface area contributed by atoms with Crippen LogP contribution in [0.2, 0.25) is 0 Å². The smallest absolute Gasteiger partial charge is 0.160 e. The molecule has 0 saturated carbocycles. The van der Waals surface area contributed by atoms with Gasteiger partial charge in [0.15, 0.2) is 6.29 Å². The van der Waals surface area contributed by atoms with Crippen LogP contribution in [0.3, 0.4) is 0 Å². The fourth-order valence-electron chi connectivity index (χ4n) is 3.10. The Bertz CT molecular complexity index is 228. The summed E-state index contributed by atoms with van der Waals surface area (Å²) in [5, 5.41) is 0. The molecule has 0 saturated heterocycles. The van der Waals surface area contributed by atoms with Crippen LogP contribution in [-0.2, 0) is 9.47 Å². The zero-order valence-corrected chi connectivity index (χ0v) is 16.6. The van der Waals surface area contributed by atoms with Crippen LogP contribution in [0.25, 0.3) is 0 Å². The van der Waals surface area contributed by atoms with E-state index in [0.717, 1.165) is 19.8 Å². The van der Waals surface area contributed by atoms with Gasteiger partial charge in [-0.15, -0.1) is 0 Å². The van der Waals surface area contributed by atoms with Gasteiger partial charge in [-0.2, -0.15) is 0 Å². The fraction of sp³-hybridized carbons (Fsp3) is 1.00. The molecule has 0 rings (SSSR count). The molecule has 0 heterocycles. The summed E-state index contributed by atoms with van der Waals surface area (Å²) in [4.78, 5) is 2.27. The Kier molecular flexibility index (Phi) is 16.6. The Morgan fingerprint density at radius 2 is 1.22 bits per heavy atom. The number of rotatable bonds is 17. The Labute approximate surface area is 146 Å². The second kappa shape index (κ2) is 16.7. The van der Waals surface area contributed by atoms with Gasteiger partial charge in [0.05, 0.1) is 0 Å². The fourth-order valence-corrected chi connectivity index (χ4v) is 3.10. The highest BCUT2D eigenvalue weighted by Gasteiger charge is 2.21. The minimum absolute atomic E-state index is 0.00717. The monoisotopic (exact) mass is 329 g/mol. The van der Waals surface area contributed by atoms with Gasteiger partial charge in [-0.25, -0.2) is 0 Å². The molecule has 0 aromatic carbocycles. The van der Waals surface area contributed by atoms with Crippen LogP contribution in [0.4, 0.5) is 0 Å². The van der Waals surface area contributed by atoms with Crippen molar-refractivity contribution in [3.63, 3.8) is 0 Å². The molecule has 0 aliphatic rings. The van der Waals surface area contributed by atoms with Crippen molar-refractivity contribution in [1.29, 1.82) is 0 Å². The lowest BCUT2D eigenvalue weighted by atomic mass is 9.94. The van der Waals surface area contributed by atoms with Gasteiger partial charge in [0, 0.05) is 19.1 Å². The Morgan fingerprint density at radius 3 is 1.74 bits per heavy atom. The third-order valence-electron chi connectivity index (χ3n) is 4.41. The lowest BCUT2D eigenvalue weighted by Crippen LogP contribution is -2.28. The van der Waals surface area contributed by atoms with E-state index in [4.69, 9.17) is 9.47 Å². The summed E-state index contributed by atoms with van der Waals surface area (Å²) in [7, 11) is 4.29. The number of hydrogen-bond acceptors (Lipinski definition) is 3. The maximum absolute atomic E-state index is 5.88. The molecule has 0 spiro atoms. The molecule has 0 aliphatic heterocycles. The van der Waals surface area contributed by atoms with Crippen LogP contribution in [0.5, 0.6) is 0 Å². The van der Waals surface area contributed by atoms with Gasteiger partial charge in [-0.3, -0.25) is 0 Å². The van der Waals surface area contributed by atoms with E-state index in [-0.39, 0.29) is 6.29 Å². The molecule has 0 bridgehead atoms. The van der Waals surface area contributed by atoms with Crippen molar-refractivity contribution in [2.24, 2.45) is 5.92 Å². The summed E-state index contributed by atoms with van der Waals surface area (Å²) in [6.45, 7) is 9.05. The average molecular weight is 330 g/mol. The van der Waals surface area contributed by atoms with Gasteiger partial charge in [0.2, 0.25) is 0 Å². The minimum Gasteiger partial charge on any atom is -0.353 e. The van der Waals surface area contributed by atoms with E-state index in [1.807, 2.05) is 0 Å². The van der Waals surface area contributed by atoms with Crippen molar-refractivity contribution in [3.8, 4) is 0 Å². The third-order valence-corrected chi connectivity index (χ3v) is 4.41. The first-order valence-electron chi connectivity index (χ1n) is 10.0. The van der Waals surface area contributed by atoms with Crippen LogP contribution in [-0.4, -0.2) is 45.0 Å². The van der Waals surface area contributed by atoms with Crippen LogP contribution >= 0.6 is 0 Å². The molecule has 0 aromatic heterocycles. The van der Waals surface area contributed by atoms with Gasteiger partial charge in [0.25, 0.3) is 0 Å². The Balaban J connectivity index is 4.13. The van der Waals surface area contributed by atoms with Gasteiger partial charge in [-0.1, -0.05) is 51.9 Å². The van der Waals surface area contributed by atoms with E-state index >= 15 is 0 Å². The van der Waals surface area contributed by atoms with E-state index < -0.39 is 0 Å². The highest BCUT2D eigenvalue weighted by atomic mass is 16.7. The quantitative estimate of drug-likeness (QED) is 0.260. The van der Waals surface area contributed by atoms with Gasteiger partial charge < -0.3 is 14.4 Å². The van der Waals surface area contributed by atoms with Crippen molar-refractivity contribution in [1.82, 2.24) is 4.90 Å². The number of ether oxygens (including phenoxy) is 2. The molecule has 0 fully saturated rings. The number of unbranched alkanes of at least 4 members (excludes halogenated alkanes) is 6. The van der Waals surface area contributed by atoms with Crippen molar-refractivity contribution >= 4 is 0 Å². The predicted molar refractivity (Wildman–Crippen MR) is 101 cm³/mol. The van der Waals surface area contributed by atoms with Gasteiger partial charge in [0.1, 0.15) is 0 Å². The summed E-state index contributed by atoms with van der Waals surface area (Å²) in [6.07, 6.45) is 13.3. The van der Waals surface area contributed by atoms with E-state index in [1.165, 1.54) is 64.2 Å². The topological polar surface area (TPSA) is 21.7 Å². The predicted octanol–water partition coefficient (Wildman–Crippen LogP) is 5.48. The first kappa shape index (κ1) is 22.9. The molecule has 1 atom stereocenters. The standard InChI is InChI=1S/C20H43NO2/c1-6-9-10-11-12-13-14-16-19(17-15-18-21(4)5)20(22-7-2)23-8-3/h19-20H,6-18H2,1-5H3. The van der Waals surface area contributed by atoms with E-state index in [0.29, 0.717) is 5.92 Å². The number of nitrogens with zero attached hydrogens (tertiary/aromatic N) is 1. The van der Waals surface area contributed by atoms with Crippen molar-refractivity contribution in [2.45, 2.75) is 91.3 Å². The summed E-state index contributed by atoms with van der Waals surface area (Å²) in [5.41, 5.74) is 0. The first-order valence-corrected chi connectivity index (χ1v) is 10.0. The largest absolute Gasteiger partial charge is 0.353 e. The summed E-state index contributed by atoms with van der Waals surface area (Å²) < 4.78 is 11.8. The maximum Gasteiger partial charge on any atom is 0.160 e. The Hall–Kier alpha value is -0.120. The Morgan fingerprint density at radius 1 is 0.696 bits per heavy atom. The SMILES string of the molecule is CCCCCCCCCC(CCCN(C)C)C(OCC)OCC. The third kappa shape index (κ3) is 14.0. The highest BCUT2D eigenvalue weighted by molar-refractivity contribution is 4.66. The molecule has 1 unspecified atom stereocenters. The first-order chi connectivity index (χ1) is 11.2.